The lowest BCUT2D eigenvalue weighted by atomic mass is 10.2. The largest absolute Gasteiger partial charge is 0.380 e. The van der Waals surface area contributed by atoms with E-state index in [9.17, 15) is 10.1 Å². The van der Waals surface area contributed by atoms with Gasteiger partial charge in [0.15, 0.2) is 5.69 Å². The predicted octanol–water partition coefficient (Wildman–Crippen LogP) is 1.21. The molecule has 0 aliphatic carbocycles. The summed E-state index contributed by atoms with van der Waals surface area (Å²) in [7, 11) is 0. The number of nitrogens with zero attached hydrogens (tertiary/aromatic N) is 7. The van der Waals surface area contributed by atoms with Crippen molar-refractivity contribution < 1.29 is 4.92 Å². The summed E-state index contributed by atoms with van der Waals surface area (Å²) in [6.07, 6.45) is 1.13. The van der Waals surface area contributed by atoms with Crippen LogP contribution in [0.3, 0.4) is 0 Å². The smallest absolute Gasteiger partial charge is 0.358 e. The van der Waals surface area contributed by atoms with Crippen LogP contribution in [-0.4, -0.2) is 20.0 Å². The van der Waals surface area contributed by atoms with Crippen LogP contribution in [-0.2, 0) is 6.42 Å². The molecule has 0 N–H and O–H groups in total. The molecule has 0 unspecified atom stereocenters. The summed E-state index contributed by atoms with van der Waals surface area (Å²) in [5, 5.41) is 20.5. The molecule has 0 saturated heterocycles. The number of aromatic nitrogens is 3. The van der Waals surface area contributed by atoms with Crippen LogP contribution in [0.1, 0.15) is 19.0 Å². The number of rotatable bonds is 4. The molecule has 1 aromatic rings. The molecule has 14 heavy (non-hydrogen) atoms. The topological polar surface area (TPSA) is 123 Å². The Morgan fingerprint density at radius 3 is 3.00 bits per heavy atom. The maximum atomic E-state index is 10.6. The lowest BCUT2D eigenvalue weighted by Gasteiger charge is -1.94. The molecule has 1 aromatic heterocycles. The van der Waals surface area contributed by atoms with E-state index in [-0.39, 0.29) is 11.5 Å². The van der Waals surface area contributed by atoms with Gasteiger partial charge in [0, 0.05) is 10.4 Å². The molecule has 74 valence electrons. The highest BCUT2D eigenvalue weighted by Crippen LogP contribution is 2.16. The first-order valence-corrected chi connectivity index (χ1v) is 3.85. The Morgan fingerprint density at radius 2 is 2.50 bits per heavy atom. The Bertz CT molecular complexity index is 391. The average molecular weight is 197 g/mol. The molecule has 0 spiro atoms. The van der Waals surface area contributed by atoms with Crippen molar-refractivity contribution in [1.82, 2.24) is 15.1 Å². The summed E-state index contributed by atoms with van der Waals surface area (Å²) in [4.78, 5) is 12.9. The maximum Gasteiger partial charge on any atom is 0.380 e. The van der Waals surface area contributed by atoms with Crippen LogP contribution in [0.5, 0.6) is 0 Å². The number of aryl methyl sites for hydroxylation is 1. The second kappa shape index (κ2) is 4.19. The minimum Gasteiger partial charge on any atom is -0.358 e. The Kier molecular flexibility index (Phi) is 2.97. The molecule has 0 amide bonds. The van der Waals surface area contributed by atoms with Gasteiger partial charge in [-0.25, -0.2) is 0 Å². The van der Waals surface area contributed by atoms with Gasteiger partial charge in [-0.1, -0.05) is 13.3 Å². The summed E-state index contributed by atoms with van der Waals surface area (Å²) in [5.41, 5.74) is 8.34. The van der Waals surface area contributed by atoms with Crippen molar-refractivity contribution in [3.63, 3.8) is 0 Å². The van der Waals surface area contributed by atoms with E-state index < -0.39 is 4.92 Å². The van der Waals surface area contributed by atoms with Crippen molar-refractivity contribution >= 4 is 5.82 Å². The number of nitro groups is 1. The molecule has 9 heteroatoms. The van der Waals surface area contributed by atoms with Crippen molar-refractivity contribution in [2.45, 2.75) is 19.8 Å². The Labute approximate surface area is 78.1 Å². The predicted molar refractivity (Wildman–Crippen MR) is 45.2 cm³/mol. The van der Waals surface area contributed by atoms with Gasteiger partial charge in [0.05, 0.1) is 0 Å². The molecular formula is C5H7N7O2. The van der Waals surface area contributed by atoms with Gasteiger partial charge in [-0.2, -0.15) is 4.91 Å². The van der Waals surface area contributed by atoms with Gasteiger partial charge in [0.2, 0.25) is 0 Å². The second-order valence-corrected chi connectivity index (χ2v) is 2.44. The zero-order valence-electron chi connectivity index (χ0n) is 7.36. The molecule has 0 fully saturated rings. The summed E-state index contributed by atoms with van der Waals surface area (Å²) in [5.74, 6) is -0.371. The third-order valence-corrected chi connectivity index (χ3v) is 1.48. The van der Waals surface area contributed by atoms with Crippen LogP contribution in [0.25, 0.3) is 10.4 Å². The molecule has 9 nitrogen and oxygen atoms in total. The van der Waals surface area contributed by atoms with Crippen LogP contribution in [0.15, 0.2) is 5.22 Å². The number of azide groups is 1. The maximum absolute atomic E-state index is 10.6. The van der Waals surface area contributed by atoms with E-state index in [1.165, 1.54) is 0 Å². The summed E-state index contributed by atoms with van der Waals surface area (Å²) < 4.78 is 0. The zero-order valence-corrected chi connectivity index (χ0v) is 7.36. The number of hydrogen-bond acceptors (Lipinski definition) is 5. The number of hydrogen-bond donors (Lipinski definition) is 0. The van der Waals surface area contributed by atoms with Crippen LogP contribution in [0.2, 0.25) is 0 Å². The monoisotopic (exact) mass is 197 g/mol. The SMILES string of the molecule is CCCc1nnn(N=[N+]=[N-])c1[N+](=O)[O-]. The van der Waals surface area contributed by atoms with Crippen molar-refractivity contribution in [2.75, 3.05) is 0 Å². The lowest BCUT2D eigenvalue weighted by molar-refractivity contribution is -0.393. The molecule has 1 rings (SSSR count). The normalized spacial score (nSPS) is 9.50. The standard InChI is InChI=1S/C5H7N7O2/c1-2-3-4-5(12(13)14)11(9-7-4)10-8-6/h2-3H2,1H3. The van der Waals surface area contributed by atoms with Crippen molar-refractivity contribution in [2.24, 2.45) is 5.22 Å². The van der Waals surface area contributed by atoms with Crippen LogP contribution in [0.4, 0.5) is 5.82 Å². The highest BCUT2D eigenvalue weighted by molar-refractivity contribution is 5.25. The van der Waals surface area contributed by atoms with E-state index in [0.717, 1.165) is 0 Å². The van der Waals surface area contributed by atoms with Gasteiger partial charge < -0.3 is 10.1 Å². The fourth-order valence-electron chi connectivity index (χ4n) is 0.974. The molecule has 0 aliphatic heterocycles. The molecule has 0 saturated carbocycles. The highest BCUT2D eigenvalue weighted by Gasteiger charge is 2.21. The quantitative estimate of drug-likeness (QED) is 0.236. The first kappa shape index (κ1) is 9.93. The lowest BCUT2D eigenvalue weighted by Crippen LogP contribution is -1.99. The van der Waals surface area contributed by atoms with E-state index in [2.05, 4.69) is 20.4 Å². The molecule has 0 bridgehead atoms. The Morgan fingerprint density at radius 1 is 1.79 bits per heavy atom. The molecule has 0 atom stereocenters. The van der Waals surface area contributed by atoms with Gasteiger partial charge in [-0.15, -0.1) is 10.6 Å². The molecule has 0 aromatic carbocycles. The molecular weight excluding hydrogens is 190 g/mol. The zero-order chi connectivity index (χ0) is 10.6. The Hall–Kier alpha value is -2.15. The van der Waals surface area contributed by atoms with Gasteiger partial charge in [-0.05, 0) is 16.1 Å². The summed E-state index contributed by atoms with van der Waals surface area (Å²) in [6, 6.07) is 0. The van der Waals surface area contributed by atoms with Gasteiger partial charge >= 0.3 is 5.82 Å². The van der Waals surface area contributed by atoms with E-state index in [4.69, 9.17) is 5.53 Å². The third kappa shape index (κ3) is 1.77. The molecule has 0 radical (unpaired) electrons. The first-order valence-electron chi connectivity index (χ1n) is 3.85. The van der Waals surface area contributed by atoms with Gasteiger partial charge in [0.25, 0.3) is 0 Å². The van der Waals surface area contributed by atoms with E-state index in [0.29, 0.717) is 17.6 Å². The first-order chi connectivity index (χ1) is 6.70. The second-order valence-electron chi connectivity index (χ2n) is 2.44. The minimum absolute atomic E-state index is 0.227. The summed E-state index contributed by atoms with van der Waals surface area (Å²) >= 11 is 0. The van der Waals surface area contributed by atoms with Crippen molar-refractivity contribution in [3.8, 4) is 0 Å². The van der Waals surface area contributed by atoms with E-state index in [1.807, 2.05) is 6.92 Å². The van der Waals surface area contributed by atoms with Crippen LogP contribution in [0, 0.1) is 10.1 Å². The highest BCUT2D eigenvalue weighted by atomic mass is 16.6. The Balaban J connectivity index is 3.19. The van der Waals surface area contributed by atoms with Gasteiger partial charge in [0.1, 0.15) is 0 Å². The van der Waals surface area contributed by atoms with Crippen LogP contribution >= 0.6 is 0 Å². The van der Waals surface area contributed by atoms with E-state index >= 15 is 0 Å². The molecule has 0 aliphatic rings. The molecule has 1 heterocycles. The fraction of sp³-hybridized carbons (Fsp3) is 0.600. The average Bonchev–Trinajstić information content (AvgIpc) is 2.49. The van der Waals surface area contributed by atoms with Crippen LogP contribution < -0.4 is 0 Å². The summed E-state index contributed by atoms with van der Waals surface area (Å²) in [6.45, 7) is 1.86. The minimum atomic E-state index is -0.667. The van der Waals surface area contributed by atoms with Crippen molar-refractivity contribution in [3.05, 3.63) is 26.3 Å². The fourth-order valence-corrected chi connectivity index (χ4v) is 0.974. The third-order valence-electron chi connectivity index (χ3n) is 1.48. The van der Waals surface area contributed by atoms with Crippen molar-refractivity contribution in [1.29, 1.82) is 0 Å². The van der Waals surface area contributed by atoms with E-state index in [1.54, 1.807) is 0 Å². The van der Waals surface area contributed by atoms with Gasteiger partial charge in [-0.3, -0.25) is 0 Å².